The number of sulfonamides is 1. The van der Waals surface area contributed by atoms with Crippen LogP contribution >= 0.6 is 11.8 Å². The summed E-state index contributed by atoms with van der Waals surface area (Å²) in [5.74, 6) is 0.538. The minimum Gasteiger partial charge on any atom is -0.618 e. The fourth-order valence-electron chi connectivity index (χ4n) is 5.63. The molecular formula is C37H36N2O6S2. The van der Waals surface area contributed by atoms with E-state index in [1.165, 1.54) is 18.0 Å². The van der Waals surface area contributed by atoms with Crippen LogP contribution in [0.25, 0.3) is 11.1 Å². The van der Waals surface area contributed by atoms with Crippen LogP contribution in [-0.4, -0.2) is 25.4 Å². The minimum absolute atomic E-state index is 0.0200. The number of aromatic nitrogens is 1. The number of hydrogen-bond acceptors (Lipinski definition) is 7. The molecule has 5 aromatic rings. The summed E-state index contributed by atoms with van der Waals surface area (Å²) in [7, 11) is -3.66. The number of pyridine rings is 1. The summed E-state index contributed by atoms with van der Waals surface area (Å²) >= 11 is 1.45. The first-order valence-corrected chi connectivity index (χ1v) is 17.8. The fraction of sp³-hybridized carbons (Fsp3) is 0.216. The van der Waals surface area contributed by atoms with Gasteiger partial charge in [-0.1, -0.05) is 110 Å². The lowest BCUT2D eigenvalue weighted by atomic mass is 9.91. The lowest BCUT2D eigenvalue weighted by Crippen LogP contribution is -2.39. The average molecular weight is 669 g/mol. The lowest BCUT2D eigenvalue weighted by Gasteiger charge is -2.41. The zero-order valence-electron chi connectivity index (χ0n) is 25.8. The maximum Gasteiger partial charge on any atom is 0.251 e. The number of rotatable bonds is 11. The summed E-state index contributed by atoms with van der Waals surface area (Å²) in [6.45, 7) is 2.20. The van der Waals surface area contributed by atoms with Gasteiger partial charge >= 0.3 is 0 Å². The van der Waals surface area contributed by atoms with Crippen molar-refractivity contribution in [3.05, 3.63) is 155 Å². The summed E-state index contributed by atoms with van der Waals surface area (Å²) in [6.07, 6.45) is 0.333. The summed E-state index contributed by atoms with van der Waals surface area (Å²) in [5, 5.41) is 22.5. The maximum absolute atomic E-state index is 12.9. The summed E-state index contributed by atoms with van der Waals surface area (Å²) in [6, 6.07) is 37.1. The van der Waals surface area contributed by atoms with Crippen molar-refractivity contribution in [1.29, 1.82) is 0 Å². The van der Waals surface area contributed by atoms with Crippen LogP contribution < -0.4 is 9.45 Å². The molecule has 0 aliphatic carbocycles. The predicted octanol–water partition coefficient (Wildman–Crippen LogP) is 6.54. The highest BCUT2D eigenvalue weighted by Crippen LogP contribution is 2.43. The molecule has 47 heavy (non-hydrogen) atoms. The van der Waals surface area contributed by atoms with Crippen LogP contribution in [0.4, 0.5) is 0 Å². The van der Waals surface area contributed by atoms with Gasteiger partial charge in [0, 0.05) is 35.9 Å². The van der Waals surface area contributed by atoms with E-state index in [-0.39, 0.29) is 36.2 Å². The molecule has 10 heteroatoms. The van der Waals surface area contributed by atoms with E-state index in [1.807, 2.05) is 78.9 Å². The number of ether oxygens (including phenoxy) is 2. The Morgan fingerprint density at radius 3 is 2.23 bits per heavy atom. The zero-order chi connectivity index (χ0) is 32.8. The first kappa shape index (κ1) is 32.9. The van der Waals surface area contributed by atoms with Gasteiger partial charge in [0.1, 0.15) is 0 Å². The standard InChI is InChI=1S/C37H36N2O6S2/c1-26-34(25-46-35-13-7-8-22-39(35)41)44-37(45-36(26)29-16-14-27(24-40)15-17-29)30-20-18-28(19-21-30)33-12-6-5-9-31(33)23-38-47(42,43)32-10-3-2-4-11-32/h2-22,26,34,36-38,40H,23-25H2,1H3/t26-,34+,36+,37+/m0/s1. The van der Waals surface area contributed by atoms with Crippen LogP contribution in [0, 0.1) is 11.1 Å². The van der Waals surface area contributed by atoms with E-state index < -0.39 is 16.3 Å². The van der Waals surface area contributed by atoms with Crippen LogP contribution in [0.2, 0.25) is 0 Å². The van der Waals surface area contributed by atoms with Crippen molar-refractivity contribution in [1.82, 2.24) is 4.72 Å². The van der Waals surface area contributed by atoms with Crippen molar-refractivity contribution in [2.75, 3.05) is 5.75 Å². The third-order valence-corrected chi connectivity index (χ3v) is 10.8. The van der Waals surface area contributed by atoms with E-state index in [0.29, 0.717) is 10.8 Å². The molecular weight excluding hydrogens is 633 g/mol. The molecule has 0 radical (unpaired) electrons. The highest BCUT2D eigenvalue weighted by atomic mass is 32.2. The van der Waals surface area contributed by atoms with Gasteiger partial charge < -0.3 is 19.8 Å². The van der Waals surface area contributed by atoms with Crippen LogP contribution in [0.15, 0.2) is 137 Å². The molecule has 1 aromatic heterocycles. The van der Waals surface area contributed by atoms with Gasteiger partial charge in [0.25, 0.3) is 5.03 Å². The Bertz CT molecular complexity index is 1890. The van der Waals surface area contributed by atoms with Crippen LogP contribution in [0.1, 0.15) is 41.6 Å². The Labute approximate surface area is 279 Å². The topological polar surface area (TPSA) is 112 Å². The van der Waals surface area contributed by atoms with E-state index >= 15 is 0 Å². The maximum atomic E-state index is 12.9. The lowest BCUT2D eigenvalue weighted by molar-refractivity contribution is -0.645. The molecule has 0 bridgehead atoms. The molecule has 0 saturated carbocycles. The van der Waals surface area contributed by atoms with Crippen LogP contribution in [0.3, 0.4) is 0 Å². The molecule has 2 heterocycles. The molecule has 1 aliphatic heterocycles. The smallest absolute Gasteiger partial charge is 0.251 e. The van der Waals surface area contributed by atoms with E-state index in [1.54, 1.807) is 42.5 Å². The number of thioether (sulfide) groups is 1. The van der Waals surface area contributed by atoms with Crippen molar-refractivity contribution in [2.24, 2.45) is 5.92 Å². The number of aliphatic hydroxyl groups excluding tert-OH is 1. The highest BCUT2D eigenvalue weighted by molar-refractivity contribution is 7.99. The normalized spacial score (nSPS) is 19.8. The monoisotopic (exact) mass is 668 g/mol. The first-order chi connectivity index (χ1) is 22.8. The Balaban J connectivity index is 1.23. The second-order valence-electron chi connectivity index (χ2n) is 11.4. The molecule has 0 unspecified atom stereocenters. The number of nitrogens with zero attached hydrogens (tertiary/aromatic N) is 1. The second kappa shape index (κ2) is 14.8. The summed E-state index contributed by atoms with van der Waals surface area (Å²) in [5.41, 5.74) is 5.34. The predicted molar refractivity (Wildman–Crippen MR) is 181 cm³/mol. The Morgan fingerprint density at radius 1 is 0.830 bits per heavy atom. The molecule has 0 amide bonds. The van der Waals surface area contributed by atoms with E-state index in [2.05, 4.69) is 11.6 Å². The van der Waals surface area contributed by atoms with Gasteiger partial charge in [-0.15, -0.1) is 0 Å². The van der Waals surface area contributed by atoms with Gasteiger partial charge in [0.15, 0.2) is 12.5 Å². The van der Waals surface area contributed by atoms with Crippen LogP contribution in [-0.2, 0) is 32.6 Å². The number of benzene rings is 4. The molecule has 4 aromatic carbocycles. The molecule has 4 atom stereocenters. The third-order valence-electron chi connectivity index (χ3n) is 8.32. The average Bonchev–Trinajstić information content (AvgIpc) is 3.11. The Hall–Kier alpha value is -4.03. The molecule has 6 rings (SSSR count). The quantitative estimate of drug-likeness (QED) is 0.0934. The van der Waals surface area contributed by atoms with E-state index in [0.717, 1.165) is 38.1 Å². The molecule has 242 valence electrons. The molecule has 1 fully saturated rings. The molecule has 1 saturated heterocycles. The van der Waals surface area contributed by atoms with E-state index in [9.17, 15) is 18.7 Å². The molecule has 8 nitrogen and oxygen atoms in total. The second-order valence-corrected chi connectivity index (χ2v) is 14.2. The Kier molecular flexibility index (Phi) is 10.4. The van der Waals surface area contributed by atoms with Crippen molar-refractivity contribution in [2.45, 2.75) is 48.5 Å². The van der Waals surface area contributed by atoms with Crippen molar-refractivity contribution in [3.63, 3.8) is 0 Å². The third kappa shape index (κ3) is 7.76. The SMILES string of the molecule is C[C@H]1[C@@H](CSc2cccc[n+]2[O-])O[C@@H](c2ccc(-c3ccccc3CNS(=O)(=O)c3ccccc3)cc2)O[C@H]1c1ccc(CO)cc1. The van der Waals surface area contributed by atoms with Crippen LogP contribution in [0.5, 0.6) is 0 Å². The fourth-order valence-corrected chi connectivity index (χ4v) is 7.74. The number of nitrogens with one attached hydrogen (secondary N) is 1. The Morgan fingerprint density at radius 2 is 1.51 bits per heavy atom. The van der Waals surface area contributed by atoms with Gasteiger partial charge in [-0.25, -0.2) is 13.1 Å². The zero-order valence-corrected chi connectivity index (χ0v) is 27.4. The molecule has 2 N–H and O–H groups in total. The van der Waals surface area contributed by atoms with Gasteiger partial charge in [-0.3, -0.25) is 0 Å². The van der Waals surface area contributed by atoms with Gasteiger partial charge in [-0.2, -0.15) is 4.73 Å². The van der Waals surface area contributed by atoms with Gasteiger partial charge in [0.2, 0.25) is 10.0 Å². The van der Waals surface area contributed by atoms with Gasteiger partial charge in [0.05, 0.1) is 23.7 Å². The van der Waals surface area contributed by atoms with Crippen molar-refractivity contribution in [3.8, 4) is 11.1 Å². The summed E-state index contributed by atoms with van der Waals surface area (Å²) < 4.78 is 42.5. The van der Waals surface area contributed by atoms with Crippen molar-refractivity contribution >= 4 is 21.8 Å². The molecule has 1 aliphatic rings. The highest BCUT2D eigenvalue weighted by Gasteiger charge is 2.38. The van der Waals surface area contributed by atoms with Gasteiger partial charge in [-0.05, 0) is 46.0 Å². The molecule has 0 spiro atoms. The van der Waals surface area contributed by atoms with Crippen molar-refractivity contribution < 1.29 is 27.7 Å². The largest absolute Gasteiger partial charge is 0.618 e. The summed E-state index contributed by atoms with van der Waals surface area (Å²) in [4.78, 5) is 0.221. The minimum atomic E-state index is -3.66. The number of aliphatic hydroxyl groups is 1. The van der Waals surface area contributed by atoms with E-state index in [4.69, 9.17) is 9.47 Å². The first-order valence-electron chi connectivity index (χ1n) is 15.4. The number of hydrogen-bond donors (Lipinski definition) is 2.